The zero-order chi connectivity index (χ0) is 23.4. The summed E-state index contributed by atoms with van der Waals surface area (Å²) in [5, 5.41) is 12.3. The number of hydrogen-bond donors (Lipinski definition) is 2. The van der Waals surface area contributed by atoms with E-state index >= 15 is 0 Å². The van der Waals surface area contributed by atoms with Crippen molar-refractivity contribution in [3.05, 3.63) is 83.6 Å². The molecule has 0 unspecified atom stereocenters. The van der Waals surface area contributed by atoms with Crippen molar-refractivity contribution in [1.29, 1.82) is 0 Å². The number of anilines is 3. The van der Waals surface area contributed by atoms with Crippen LogP contribution in [0.3, 0.4) is 0 Å². The van der Waals surface area contributed by atoms with Gasteiger partial charge in [-0.1, -0.05) is 24.3 Å². The molecule has 0 atom stereocenters. The topological polar surface area (TPSA) is 68.7 Å². The maximum absolute atomic E-state index is 13.3. The van der Waals surface area contributed by atoms with Crippen molar-refractivity contribution in [1.82, 2.24) is 9.88 Å². The van der Waals surface area contributed by atoms with Crippen LogP contribution < -0.4 is 10.2 Å². The molecule has 1 saturated heterocycles. The number of nitrogens with one attached hydrogen (secondary N) is 1. The van der Waals surface area contributed by atoms with E-state index in [0.29, 0.717) is 44.2 Å². The fourth-order valence-electron chi connectivity index (χ4n) is 3.93. The van der Waals surface area contributed by atoms with Gasteiger partial charge < -0.3 is 15.3 Å². The number of halogens is 3. The summed E-state index contributed by atoms with van der Waals surface area (Å²) in [7, 11) is 0. The first-order chi connectivity index (χ1) is 15.8. The van der Waals surface area contributed by atoms with E-state index in [1.54, 1.807) is 30.5 Å². The number of rotatable bonds is 6. The normalized spacial score (nSPS) is 14.8. The molecule has 2 aromatic carbocycles. The Kier molecular flexibility index (Phi) is 6.50. The van der Waals surface area contributed by atoms with Crippen LogP contribution in [-0.2, 0) is 12.7 Å². The highest BCUT2D eigenvalue weighted by Crippen LogP contribution is 2.36. The number of alkyl halides is 3. The Morgan fingerprint density at radius 1 is 1.00 bits per heavy atom. The second-order valence-corrected chi connectivity index (χ2v) is 7.81. The predicted molar refractivity (Wildman–Crippen MR) is 120 cm³/mol. The first-order valence-electron chi connectivity index (χ1n) is 10.5. The second-order valence-electron chi connectivity index (χ2n) is 7.81. The molecule has 1 aromatic heterocycles. The van der Waals surface area contributed by atoms with E-state index in [1.165, 1.54) is 12.1 Å². The van der Waals surface area contributed by atoms with Crippen molar-refractivity contribution < 1.29 is 23.1 Å². The van der Waals surface area contributed by atoms with Crippen molar-refractivity contribution in [3.8, 4) is 0 Å². The van der Waals surface area contributed by atoms with E-state index in [1.807, 2.05) is 23.1 Å². The molecular formula is C24H23F3N4O2. The minimum atomic E-state index is -4.44. The Balaban J connectivity index is 1.40. The van der Waals surface area contributed by atoms with Crippen LogP contribution in [0.4, 0.5) is 30.4 Å². The molecule has 2 N–H and O–H groups in total. The van der Waals surface area contributed by atoms with E-state index in [0.717, 1.165) is 11.6 Å². The number of carboxylic acid groups (broad SMARTS) is 1. The fourth-order valence-corrected chi connectivity index (χ4v) is 3.93. The van der Waals surface area contributed by atoms with Gasteiger partial charge >= 0.3 is 12.1 Å². The maximum atomic E-state index is 13.3. The fraction of sp³-hybridized carbons (Fsp3) is 0.250. The third-order valence-corrected chi connectivity index (χ3v) is 5.53. The molecule has 0 radical (unpaired) electrons. The number of carboxylic acids is 1. The molecule has 1 fully saturated rings. The molecule has 33 heavy (non-hydrogen) atoms. The summed E-state index contributed by atoms with van der Waals surface area (Å²) in [5.74, 6) is -0.531. The molecule has 0 aliphatic carbocycles. The van der Waals surface area contributed by atoms with E-state index in [2.05, 4.69) is 15.2 Å². The van der Waals surface area contributed by atoms with E-state index in [9.17, 15) is 23.1 Å². The highest BCUT2D eigenvalue weighted by molar-refractivity contribution is 5.93. The molecule has 6 nitrogen and oxygen atoms in total. The molecule has 0 saturated carbocycles. The lowest BCUT2D eigenvalue weighted by Gasteiger charge is -2.35. The highest BCUT2D eigenvalue weighted by atomic mass is 19.4. The van der Waals surface area contributed by atoms with E-state index in [4.69, 9.17) is 0 Å². The molecule has 0 amide bonds. The molecule has 9 heteroatoms. The van der Waals surface area contributed by atoms with Crippen LogP contribution in [0.1, 0.15) is 21.5 Å². The number of aromatic nitrogens is 1. The molecule has 0 spiro atoms. The van der Waals surface area contributed by atoms with Crippen molar-refractivity contribution in [2.75, 3.05) is 36.4 Å². The monoisotopic (exact) mass is 456 g/mol. The van der Waals surface area contributed by atoms with Gasteiger partial charge in [0.25, 0.3) is 0 Å². The van der Waals surface area contributed by atoms with E-state index < -0.39 is 17.7 Å². The van der Waals surface area contributed by atoms with Crippen molar-refractivity contribution in [3.63, 3.8) is 0 Å². The van der Waals surface area contributed by atoms with Gasteiger partial charge in [0, 0.05) is 44.6 Å². The maximum Gasteiger partial charge on any atom is 0.418 e. The molecule has 3 aromatic rings. The van der Waals surface area contributed by atoms with E-state index in [-0.39, 0.29) is 11.3 Å². The van der Waals surface area contributed by atoms with Crippen molar-refractivity contribution in [2.24, 2.45) is 0 Å². The zero-order valence-electron chi connectivity index (χ0n) is 17.7. The summed E-state index contributed by atoms with van der Waals surface area (Å²) >= 11 is 0. The van der Waals surface area contributed by atoms with Gasteiger partial charge in [0.05, 0.1) is 11.3 Å². The summed E-state index contributed by atoms with van der Waals surface area (Å²) < 4.78 is 39.8. The zero-order valence-corrected chi connectivity index (χ0v) is 17.7. The highest BCUT2D eigenvalue weighted by Gasteiger charge is 2.33. The molecule has 0 bridgehead atoms. The number of hydrogen-bond acceptors (Lipinski definition) is 5. The van der Waals surface area contributed by atoms with Crippen LogP contribution in [0.2, 0.25) is 0 Å². The Bertz CT molecular complexity index is 1130. The smallest absolute Gasteiger partial charge is 0.418 e. The lowest BCUT2D eigenvalue weighted by atomic mass is 10.1. The summed E-state index contributed by atoms with van der Waals surface area (Å²) in [4.78, 5) is 19.9. The van der Waals surface area contributed by atoms with Crippen LogP contribution in [0, 0.1) is 0 Å². The predicted octanol–water partition coefficient (Wildman–Crippen LogP) is 4.86. The molecule has 1 aliphatic rings. The standard InChI is InChI=1S/C24H23F3N4O2/c25-24(26,27)20-8-1-2-9-21(20)29-18-6-3-5-17(15-18)16-30-11-13-31(14-12-30)22-19(23(32)33)7-4-10-28-22/h1-10,15,29H,11-14,16H2,(H,32,33). The number of nitrogens with zero attached hydrogens (tertiary/aromatic N) is 3. The van der Waals surface area contributed by atoms with Gasteiger partial charge in [0.2, 0.25) is 0 Å². The Morgan fingerprint density at radius 3 is 2.48 bits per heavy atom. The summed E-state index contributed by atoms with van der Waals surface area (Å²) in [5.41, 5.74) is 1.05. The molecular weight excluding hydrogens is 433 g/mol. The Morgan fingerprint density at radius 2 is 1.76 bits per heavy atom. The number of carbonyl (C=O) groups is 1. The van der Waals surface area contributed by atoms with Gasteiger partial charge in [-0.05, 0) is 42.0 Å². The van der Waals surface area contributed by atoms with Crippen LogP contribution in [0.25, 0.3) is 0 Å². The quantitative estimate of drug-likeness (QED) is 0.552. The molecule has 1 aliphatic heterocycles. The average molecular weight is 456 g/mol. The largest absolute Gasteiger partial charge is 0.478 e. The van der Waals surface area contributed by atoms with Gasteiger partial charge in [0.15, 0.2) is 0 Å². The van der Waals surface area contributed by atoms with Gasteiger partial charge in [-0.3, -0.25) is 4.90 Å². The summed E-state index contributed by atoms with van der Waals surface area (Å²) in [6.45, 7) is 3.33. The molecule has 4 rings (SSSR count). The van der Waals surface area contributed by atoms with Crippen LogP contribution >= 0.6 is 0 Å². The number of para-hydroxylation sites is 1. The first kappa shape index (κ1) is 22.6. The number of benzene rings is 2. The second kappa shape index (κ2) is 9.50. The summed E-state index contributed by atoms with van der Waals surface area (Å²) in [6.07, 6.45) is -2.85. The Labute approximate surface area is 189 Å². The van der Waals surface area contributed by atoms with Crippen LogP contribution in [0.15, 0.2) is 66.9 Å². The number of piperazine rings is 1. The number of pyridine rings is 1. The number of aromatic carboxylic acids is 1. The van der Waals surface area contributed by atoms with Gasteiger partial charge in [-0.15, -0.1) is 0 Å². The van der Waals surface area contributed by atoms with Crippen molar-refractivity contribution >= 4 is 23.2 Å². The van der Waals surface area contributed by atoms with Gasteiger partial charge in [-0.2, -0.15) is 13.2 Å². The van der Waals surface area contributed by atoms with Crippen LogP contribution in [-0.4, -0.2) is 47.1 Å². The lowest BCUT2D eigenvalue weighted by Crippen LogP contribution is -2.46. The minimum Gasteiger partial charge on any atom is -0.478 e. The van der Waals surface area contributed by atoms with Crippen LogP contribution in [0.5, 0.6) is 0 Å². The minimum absolute atomic E-state index is 0.0142. The van der Waals surface area contributed by atoms with Gasteiger partial charge in [-0.25, -0.2) is 9.78 Å². The summed E-state index contributed by atoms with van der Waals surface area (Å²) in [6, 6.07) is 15.9. The third kappa shape index (κ3) is 5.43. The third-order valence-electron chi connectivity index (χ3n) is 5.53. The molecule has 2 heterocycles. The first-order valence-corrected chi connectivity index (χ1v) is 10.5. The lowest BCUT2D eigenvalue weighted by molar-refractivity contribution is -0.136. The Hall–Kier alpha value is -3.59. The van der Waals surface area contributed by atoms with Crippen molar-refractivity contribution in [2.45, 2.75) is 12.7 Å². The van der Waals surface area contributed by atoms with Gasteiger partial charge in [0.1, 0.15) is 11.4 Å². The average Bonchev–Trinajstić information content (AvgIpc) is 2.79. The SMILES string of the molecule is O=C(O)c1cccnc1N1CCN(Cc2cccc(Nc3ccccc3C(F)(F)F)c2)CC1. The molecule has 172 valence electrons.